The molecule has 30 heavy (non-hydrogen) atoms. The molecular formula is C25H33N3O2. The van der Waals surface area contributed by atoms with Crippen LogP contribution in [-0.4, -0.2) is 48.8 Å². The number of anilines is 2. The number of nitrogens with zero attached hydrogens (tertiary/aromatic N) is 2. The van der Waals surface area contributed by atoms with E-state index in [0.29, 0.717) is 5.92 Å². The second kappa shape index (κ2) is 9.90. The molecule has 0 bridgehead atoms. The molecule has 2 aromatic rings. The molecule has 160 valence electrons. The molecule has 1 fully saturated rings. The van der Waals surface area contributed by atoms with E-state index >= 15 is 0 Å². The van der Waals surface area contributed by atoms with Gasteiger partial charge in [0.1, 0.15) is 0 Å². The van der Waals surface area contributed by atoms with Crippen molar-refractivity contribution in [3.63, 3.8) is 0 Å². The number of hydrogen-bond donors (Lipinski definition) is 1. The van der Waals surface area contributed by atoms with E-state index in [0.717, 1.165) is 49.5 Å². The minimum Gasteiger partial charge on any atom is -0.369 e. The van der Waals surface area contributed by atoms with Gasteiger partial charge in [0.25, 0.3) is 0 Å². The lowest BCUT2D eigenvalue weighted by Gasteiger charge is -2.38. The van der Waals surface area contributed by atoms with Crippen molar-refractivity contribution in [2.75, 3.05) is 36.4 Å². The summed E-state index contributed by atoms with van der Waals surface area (Å²) in [6, 6.07) is 15.7. The molecule has 0 unspecified atom stereocenters. The SMILES string of the molecule is CC[C@@H](C)c1ccccc1NC(=O)[C@@H](C)N1CCN(c2ccc(C(C)=O)cc2)CC1. The molecule has 2 atom stereocenters. The average molecular weight is 408 g/mol. The first-order valence-electron chi connectivity index (χ1n) is 10.9. The fraction of sp³-hybridized carbons (Fsp3) is 0.440. The number of piperazine rings is 1. The first-order valence-corrected chi connectivity index (χ1v) is 10.9. The van der Waals surface area contributed by atoms with Gasteiger partial charge in [0.2, 0.25) is 5.91 Å². The molecule has 1 saturated heterocycles. The highest BCUT2D eigenvalue weighted by Crippen LogP contribution is 2.27. The fourth-order valence-electron chi connectivity index (χ4n) is 3.94. The topological polar surface area (TPSA) is 52.7 Å². The van der Waals surface area contributed by atoms with Gasteiger partial charge in [-0.05, 0) is 62.1 Å². The Labute approximate surface area is 180 Å². The number of amides is 1. The summed E-state index contributed by atoms with van der Waals surface area (Å²) < 4.78 is 0. The summed E-state index contributed by atoms with van der Waals surface area (Å²) in [5.74, 6) is 0.542. The molecule has 0 radical (unpaired) electrons. The third-order valence-electron chi connectivity index (χ3n) is 6.24. The van der Waals surface area contributed by atoms with Gasteiger partial charge in [-0.3, -0.25) is 14.5 Å². The van der Waals surface area contributed by atoms with Crippen LogP contribution in [0, 0.1) is 0 Å². The Hall–Kier alpha value is -2.66. The molecule has 0 saturated carbocycles. The smallest absolute Gasteiger partial charge is 0.241 e. The van der Waals surface area contributed by atoms with Gasteiger partial charge in [-0.1, -0.05) is 32.0 Å². The van der Waals surface area contributed by atoms with Crippen LogP contribution < -0.4 is 10.2 Å². The van der Waals surface area contributed by atoms with Gasteiger partial charge in [-0.2, -0.15) is 0 Å². The zero-order chi connectivity index (χ0) is 21.7. The third kappa shape index (κ3) is 5.08. The average Bonchev–Trinajstić information content (AvgIpc) is 2.78. The molecular weight excluding hydrogens is 374 g/mol. The van der Waals surface area contributed by atoms with E-state index in [1.807, 2.05) is 49.4 Å². The second-order valence-electron chi connectivity index (χ2n) is 8.19. The van der Waals surface area contributed by atoms with E-state index in [2.05, 4.69) is 35.0 Å². The van der Waals surface area contributed by atoms with Crippen LogP contribution in [0.2, 0.25) is 0 Å². The lowest BCUT2D eigenvalue weighted by atomic mass is 9.97. The Balaban J connectivity index is 1.58. The Bertz CT molecular complexity index is 870. The number of para-hydroxylation sites is 1. The van der Waals surface area contributed by atoms with Crippen LogP contribution in [0.15, 0.2) is 48.5 Å². The molecule has 1 N–H and O–H groups in total. The van der Waals surface area contributed by atoms with Crippen molar-refractivity contribution in [3.05, 3.63) is 59.7 Å². The quantitative estimate of drug-likeness (QED) is 0.684. The first-order chi connectivity index (χ1) is 14.4. The van der Waals surface area contributed by atoms with Crippen LogP contribution in [0.4, 0.5) is 11.4 Å². The van der Waals surface area contributed by atoms with Gasteiger partial charge in [-0.15, -0.1) is 0 Å². The molecule has 2 aromatic carbocycles. The monoisotopic (exact) mass is 407 g/mol. The number of carbonyl (C=O) groups excluding carboxylic acids is 2. The predicted octanol–water partition coefficient (Wildman–Crippen LogP) is 4.55. The van der Waals surface area contributed by atoms with E-state index < -0.39 is 0 Å². The molecule has 5 nitrogen and oxygen atoms in total. The summed E-state index contributed by atoms with van der Waals surface area (Å²) in [5, 5.41) is 3.16. The molecule has 5 heteroatoms. The van der Waals surface area contributed by atoms with Gasteiger partial charge < -0.3 is 10.2 Å². The summed E-state index contributed by atoms with van der Waals surface area (Å²) in [7, 11) is 0. The van der Waals surface area contributed by atoms with Crippen molar-refractivity contribution in [2.24, 2.45) is 0 Å². The number of Topliss-reactive ketones (excluding diaryl/α,β-unsaturated/α-hetero) is 1. The number of hydrogen-bond acceptors (Lipinski definition) is 4. The van der Waals surface area contributed by atoms with Crippen molar-refractivity contribution in [1.29, 1.82) is 0 Å². The normalized spacial score (nSPS) is 16.7. The zero-order valence-electron chi connectivity index (χ0n) is 18.5. The molecule has 3 rings (SSSR count). The maximum absolute atomic E-state index is 12.9. The number of rotatable bonds is 7. The molecule has 1 heterocycles. The molecule has 0 aliphatic carbocycles. The lowest BCUT2D eigenvalue weighted by molar-refractivity contribution is -0.120. The van der Waals surface area contributed by atoms with Crippen LogP contribution >= 0.6 is 0 Å². The Morgan fingerprint density at radius 2 is 1.60 bits per heavy atom. The maximum Gasteiger partial charge on any atom is 0.241 e. The van der Waals surface area contributed by atoms with E-state index in [1.54, 1.807) is 6.92 Å². The van der Waals surface area contributed by atoms with E-state index in [-0.39, 0.29) is 17.7 Å². The summed E-state index contributed by atoms with van der Waals surface area (Å²) in [4.78, 5) is 28.9. The second-order valence-corrected chi connectivity index (χ2v) is 8.19. The van der Waals surface area contributed by atoms with Crippen LogP contribution in [0.1, 0.15) is 56.0 Å². The highest BCUT2D eigenvalue weighted by atomic mass is 16.2. The standard InChI is InChI=1S/C25H33N3O2/c1-5-18(2)23-8-6-7-9-24(23)26-25(30)19(3)27-14-16-28(17-15-27)22-12-10-21(11-13-22)20(4)29/h6-13,18-19H,5,14-17H2,1-4H3,(H,26,30)/t18-,19-/m1/s1. The van der Waals surface area contributed by atoms with Gasteiger partial charge in [0.15, 0.2) is 5.78 Å². The van der Waals surface area contributed by atoms with Crippen LogP contribution in [0.5, 0.6) is 0 Å². The Morgan fingerprint density at radius 1 is 0.967 bits per heavy atom. The van der Waals surface area contributed by atoms with E-state index in [1.165, 1.54) is 5.56 Å². The van der Waals surface area contributed by atoms with E-state index in [9.17, 15) is 9.59 Å². The summed E-state index contributed by atoms with van der Waals surface area (Å²) in [6.07, 6.45) is 1.04. The van der Waals surface area contributed by atoms with Crippen molar-refractivity contribution in [3.8, 4) is 0 Å². The van der Waals surface area contributed by atoms with Crippen molar-refractivity contribution in [2.45, 2.75) is 46.1 Å². The van der Waals surface area contributed by atoms with Gasteiger partial charge in [-0.25, -0.2) is 0 Å². The molecule has 0 spiro atoms. The van der Waals surface area contributed by atoms with Gasteiger partial charge >= 0.3 is 0 Å². The number of nitrogens with one attached hydrogen (secondary N) is 1. The van der Waals surface area contributed by atoms with Crippen LogP contribution in [0.25, 0.3) is 0 Å². The minimum absolute atomic E-state index is 0.0463. The largest absolute Gasteiger partial charge is 0.369 e. The number of ketones is 1. The summed E-state index contributed by atoms with van der Waals surface area (Å²) >= 11 is 0. The zero-order valence-corrected chi connectivity index (χ0v) is 18.5. The van der Waals surface area contributed by atoms with Crippen LogP contribution in [-0.2, 0) is 4.79 Å². The fourth-order valence-corrected chi connectivity index (χ4v) is 3.94. The van der Waals surface area contributed by atoms with Gasteiger partial charge in [0.05, 0.1) is 6.04 Å². The molecule has 1 aliphatic rings. The predicted molar refractivity (Wildman–Crippen MR) is 123 cm³/mol. The molecule has 1 amide bonds. The highest BCUT2D eigenvalue weighted by Gasteiger charge is 2.26. The minimum atomic E-state index is -0.183. The van der Waals surface area contributed by atoms with E-state index in [4.69, 9.17) is 0 Å². The third-order valence-corrected chi connectivity index (χ3v) is 6.24. The lowest BCUT2D eigenvalue weighted by Crippen LogP contribution is -2.52. The molecule has 0 aromatic heterocycles. The van der Waals surface area contributed by atoms with Crippen molar-refractivity contribution in [1.82, 2.24) is 4.90 Å². The van der Waals surface area contributed by atoms with Gasteiger partial charge in [0, 0.05) is 43.1 Å². The van der Waals surface area contributed by atoms with Crippen LogP contribution in [0.3, 0.4) is 0 Å². The molecule has 1 aliphatic heterocycles. The number of carbonyl (C=O) groups is 2. The highest BCUT2D eigenvalue weighted by molar-refractivity contribution is 5.95. The first kappa shape index (κ1) is 22.0. The number of benzene rings is 2. The summed E-state index contributed by atoms with van der Waals surface area (Å²) in [5.41, 5.74) is 3.98. The summed E-state index contributed by atoms with van der Waals surface area (Å²) in [6.45, 7) is 11.3. The van der Waals surface area contributed by atoms with Crippen molar-refractivity contribution < 1.29 is 9.59 Å². The Morgan fingerprint density at radius 3 is 2.20 bits per heavy atom. The Kier molecular flexibility index (Phi) is 7.27. The maximum atomic E-state index is 12.9. The van der Waals surface area contributed by atoms with Crippen molar-refractivity contribution >= 4 is 23.1 Å².